The van der Waals surface area contributed by atoms with E-state index in [-0.39, 0.29) is 0 Å². The van der Waals surface area contributed by atoms with Crippen LogP contribution in [0, 0.1) is 17.8 Å². The van der Waals surface area contributed by atoms with Gasteiger partial charge in [0.2, 0.25) is 0 Å². The van der Waals surface area contributed by atoms with Gasteiger partial charge in [0.25, 0.3) is 0 Å². The molecule has 0 spiro atoms. The normalized spacial score (nSPS) is 34.9. The minimum atomic E-state index is 0.718. The van der Waals surface area contributed by atoms with Crippen molar-refractivity contribution in [2.45, 2.75) is 52.0 Å². The average Bonchev–Trinajstić information content (AvgIpc) is 2.80. The summed E-state index contributed by atoms with van der Waals surface area (Å²) in [7, 11) is 0. The number of nitrogens with one attached hydrogen (secondary N) is 1. The van der Waals surface area contributed by atoms with Gasteiger partial charge in [-0.25, -0.2) is 0 Å². The van der Waals surface area contributed by atoms with Gasteiger partial charge in [-0.2, -0.15) is 0 Å². The summed E-state index contributed by atoms with van der Waals surface area (Å²) in [6, 6.07) is 0.718. The Balaban J connectivity index is 1.83. The number of fused-ring (bicyclic) bond motifs is 1. The Morgan fingerprint density at radius 1 is 1.33 bits per heavy atom. The van der Waals surface area contributed by atoms with Crippen LogP contribution in [0.4, 0.5) is 0 Å². The van der Waals surface area contributed by atoms with Crippen molar-refractivity contribution in [1.29, 1.82) is 0 Å². The van der Waals surface area contributed by atoms with Crippen LogP contribution in [0.15, 0.2) is 12.2 Å². The first-order chi connectivity index (χ1) is 7.20. The van der Waals surface area contributed by atoms with Gasteiger partial charge in [-0.05, 0) is 63.3 Å². The molecule has 2 fully saturated rings. The van der Waals surface area contributed by atoms with Gasteiger partial charge in [-0.1, -0.05) is 12.5 Å². The number of hydrogen-bond donors (Lipinski definition) is 1. The molecule has 0 aromatic heterocycles. The van der Waals surface area contributed by atoms with E-state index in [1.165, 1.54) is 44.2 Å². The first kappa shape index (κ1) is 11.2. The molecule has 15 heavy (non-hydrogen) atoms. The minimum absolute atomic E-state index is 0.718. The molecule has 0 saturated heterocycles. The van der Waals surface area contributed by atoms with E-state index in [0.717, 1.165) is 23.8 Å². The maximum Gasteiger partial charge on any atom is 0.0132 e. The summed E-state index contributed by atoms with van der Waals surface area (Å²) < 4.78 is 0. The molecule has 0 aliphatic heterocycles. The van der Waals surface area contributed by atoms with E-state index in [1.807, 2.05) is 0 Å². The summed E-state index contributed by atoms with van der Waals surface area (Å²) >= 11 is 0. The van der Waals surface area contributed by atoms with Crippen molar-refractivity contribution >= 4 is 0 Å². The summed E-state index contributed by atoms with van der Waals surface area (Å²) in [6.45, 7) is 9.65. The van der Waals surface area contributed by atoms with Crippen LogP contribution in [0.5, 0.6) is 0 Å². The van der Waals surface area contributed by atoms with Gasteiger partial charge in [-0.15, -0.1) is 6.58 Å². The Labute approximate surface area is 94.3 Å². The standard InChI is InChI=1S/C14H25N/c1-4-5-15-14(6-10(2)3)13-8-11-7-12(11)9-13/h11-15H,2,4-9H2,1,3H3. The van der Waals surface area contributed by atoms with Crippen molar-refractivity contribution in [2.24, 2.45) is 17.8 Å². The predicted molar refractivity (Wildman–Crippen MR) is 65.8 cm³/mol. The molecule has 0 radical (unpaired) electrons. The van der Waals surface area contributed by atoms with Gasteiger partial charge in [0.1, 0.15) is 0 Å². The molecule has 2 rings (SSSR count). The highest BCUT2D eigenvalue weighted by Crippen LogP contribution is 2.55. The molecule has 1 N–H and O–H groups in total. The van der Waals surface area contributed by atoms with E-state index in [9.17, 15) is 0 Å². The van der Waals surface area contributed by atoms with E-state index in [0.29, 0.717) is 0 Å². The van der Waals surface area contributed by atoms with E-state index in [2.05, 4.69) is 25.7 Å². The molecule has 86 valence electrons. The molecule has 0 aromatic rings. The average molecular weight is 207 g/mol. The fraction of sp³-hybridized carbons (Fsp3) is 0.857. The van der Waals surface area contributed by atoms with Crippen LogP contribution >= 0.6 is 0 Å². The smallest absolute Gasteiger partial charge is 0.0132 e. The lowest BCUT2D eigenvalue weighted by Gasteiger charge is -2.26. The molecule has 2 saturated carbocycles. The highest BCUT2D eigenvalue weighted by molar-refractivity contribution is 5.02. The van der Waals surface area contributed by atoms with Gasteiger partial charge < -0.3 is 5.32 Å². The molecule has 3 atom stereocenters. The Morgan fingerprint density at radius 2 is 2.00 bits per heavy atom. The van der Waals surface area contributed by atoms with E-state index < -0.39 is 0 Å². The topological polar surface area (TPSA) is 12.0 Å². The van der Waals surface area contributed by atoms with Crippen LogP contribution < -0.4 is 5.32 Å². The van der Waals surface area contributed by atoms with Crippen LogP contribution in [0.25, 0.3) is 0 Å². The first-order valence-corrected chi connectivity index (χ1v) is 6.58. The summed E-state index contributed by atoms with van der Waals surface area (Å²) in [5, 5.41) is 3.72. The van der Waals surface area contributed by atoms with Crippen LogP contribution in [-0.4, -0.2) is 12.6 Å². The summed E-state index contributed by atoms with van der Waals surface area (Å²) in [5.41, 5.74) is 1.34. The fourth-order valence-corrected chi connectivity index (χ4v) is 3.20. The Bertz CT molecular complexity index is 223. The van der Waals surface area contributed by atoms with Crippen LogP contribution in [-0.2, 0) is 0 Å². The summed E-state index contributed by atoms with van der Waals surface area (Å²) in [4.78, 5) is 0. The molecule has 1 heteroatoms. The molecule has 0 bridgehead atoms. The lowest BCUT2D eigenvalue weighted by atomic mass is 9.90. The monoisotopic (exact) mass is 207 g/mol. The van der Waals surface area contributed by atoms with Crippen molar-refractivity contribution in [3.63, 3.8) is 0 Å². The predicted octanol–water partition coefficient (Wildman–Crippen LogP) is 3.37. The van der Waals surface area contributed by atoms with Gasteiger partial charge in [0.15, 0.2) is 0 Å². The summed E-state index contributed by atoms with van der Waals surface area (Å²) in [6.07, 6.45) is 6.93. The van der Waals surface area contributed by atoms with Gasteiger partial charge >= 0.3 is 0 Å². The number of rotatable bonds is 6. The third-order valence-corrected chi connectivity index (χ3v) is 4.07. The van der Waals surface area contributed by atoms with Crippen molar-refractivity contribution < 1.29 is 0 Å². The highest BCUT2D eigenvalue weighted by Gasteiger charge is 2.47. The Morgan fingerprint density at radius 3 is 2.53 bits per heavy atom. The zero-order valence-electron chi connectivity index (χ0n) is 10.3. The molecule has 2 aliphatic carbocycles. The number of hydrogen-bond acceptors (Lipinski definition) is 1. The van der Waals surface area contributed by atoms with E-state index >= 15 is 0 Å². The molecule has 3 unspecified atom stereocenters. The van der Waals surface area contributed by atoms with E-state index in [1.54, 1.807) is 0 Å². The molecular weight excluding hydrogens is 182 g/mol. The Hall–Kier alpha value is -0.300. The zero-order chi connectivity index (χ0) is 10.8. The van der Waals surface area contributed by atoms with Crippen LogP contribution in [0.2, 0.25) is 0 Å². The van der Waals surface area contributed by atoms with Crippen LogP contribution in [0.3, 0.4) is 0 Å². The third kappa shape index (κ3) is 2.84. The second kappa shape index (κ2) is 4.69. The third-order valence-electron chi connectivity index (χ3n) is 4.07. The van der Waals surface area contributed by atoms with E-state index in [4.69, 9.17) is 0 Å². The molecule has 0 amide bonds. The van der Waals surface area contributed by atoms with Gasteiger partial charge in [0, 0.05) is 6.04 Å². The van der Waals surface area contributed by atoms with Gasteiger partial charge in [-0.3, -0.25) is 0 Å². The molecular formula is C14H25N. The Kier molecular flexibility index (Phi) is 3.50. The van der Waals surface area contributed by atoms with Crippen molar-refractivity contribution in [3.05, 3.63) is 12.2 Å². The second-order valence-corrected chi connectivity index (χ2v) is 5.71. The highest BCUT2D eigenvalue weighted by atomic mass is 14.9. The molecule has 1 nitrogen and oxygen atoms in total. The minimum Gasteiger partial charge on any atom is -0.313 e. The zero-order valence-corrected chi connectivity index (χ0v) is 10.3. The van der Waals surface area contributed by atoms with Gasteiger partial charge in [0.05, 0.1) is 0 Å². The van der Waals surface area contributed by atoms with Crippen molar-refractivity contribution in [2.75, 3.05) is 6.54 Å². The lowest BCUT2D eigenvalue weighted by Crippen LogP contribution is -2.36. The first-order valence-electron chi connectivity index (χ1n) is 6.58. The molecule has 2 aliphatic rings. The fourth-order valence-electron chi connectivity index (χ4n) is 3.20. The maximum absolute atomic E-state index is 4.06. The van der Waals surface area contributed by atoms with Crippen LogP contribution in [0.1, 0.15) is 46.0 Å². The quantitative estimate of drug-likeness (QED) is 0.658. The van der Waals surface area contributed by atoms with Crippen molar-refractivity contribution in [3.8, 4) is 0 Å². The molecule has 0 aromatic carbocycles. The second-order valence-electron chi connectivity index (χ2n) is 5.71. The SMILES string of the molecule is C=C(C)CC(NCCC)C1CC2CC2C1. The largest absolute Gasteiger partial charge is 0.313 e. The molecule has 0 heterocycles. The van der Waals surface area contributed by atoms with Crippen molar-refractivity contribution in [1.82, 2.24) is 5.32 Å². The summed E-state index contributed by atoms with van der Waals surface area (Å²) in [5.74, 6) is 3.15. The lowest BCUT2D eigenvalue weighted by molar-refractivity contribution is 0.332. The maximum atomic E-state index is 4.06.